The summed E-state index contributed by atoms with van der Waals surface area (Å²) in [6.07, 6.45) is 3.86. The number of allylic oxidation sites excluding steroid dienone is 1. The van der Waals surface area contributed by atoms with Gasteiger partial charge in [-0.3, -0.25) is 4.79 Å². The van der Waals surface area contributed by atoms with Gasteiger partial charge in [0.05, 0.1) is 21.3 Å². The van der Waals surface area contributed by atoms with Crippen molar-refractivity contribution in [2.24, 2.45) is 5.41 Å². The molecule has 0 aromatic heterocycles. The van der Waals surface area contributed by atoms with Crippen LogP contribution in [0.25, 0.3) is 6.08 Å². The van der Waals surface area contributed by atoms with Crippen LogP contribution < -0.4 is 14.2 Å². The second kappa shape index (κ2) is 7.16. The predicted molar refractivity (Wildman–Crippen MR) is 84.2 cm³/mol. The molecule has 0 aliphatic carbocycles. The molecule has 1 aromatic rings. The molecule has 21 heavy (non-hydrogen) atoms. The largest absolute Gasteiger partial charge is 0.493 e. The van der Waals surface area contributed by atoms with E-state index in [4.69, 9.17) is 14.2 Å². The second-order valence-corrected chi connectivity index (χ2v) is 6.00. The van der Waals surface area contributed by atoms with E-state index in [0.29, 0.717) is 23.7 Å². The summed E-state index contributed by atoms with van der Waals surface area (Å²) in [4.78, 5) is 11.9. The van der Waals surface area contributed by atoms with Gasteiger partial charge in [-0.25, -0.2) is 0 Å². The lowest BCUT2D eigenvalue weighted by Crippen LogP contribution is -2.10. The molecule has 1 rings (SSSR count). The van der Waals surface area contributed by atoms with E-state index < -0.39 is 0 Å². The Balaban J connectivity index is 3.01. The van der Waals surface area contributed by atoms with Crippen LogP contribution in [0.1, 0.15) is 32.8 Å². The zero-order valence-corrected chi connectivity index (χ0v) is 13.6. The predicted octanol–water partition coefficient (Wildman–Crippen LogP) is 3.73. The molecule has 116 valence electrons. The smallest absolute Gasteiger partial charge is 0.203 e. The van der Waals surface area contributed by atoms with Crippen LogP contribution in [0.4, 0.5) is 0 Å². The molecule has 0 spiro atoms. The molecule has 0 radical (unpaired) electrons. The van der Waals surface area contributed by atoms with Crippen molar-refractivity contribution in [3.05, 3.63) is 23.8 Å². The van der Waals surface area contributed by atoms with Gasteiger partial charge in [-0.05, 0) is 29.2 Å². The van der Waals surface area contributed by atoms with Gasteiger partial charge in [0.2, 0.25) is 5.75 Å². The molecule has 1 aromatic carbocycles. The average Bonchev–Trinajstić information content (AvgIpc) is 2.41. The number of methoxy groups -OCH3 is 3. The first-order chi connectivity index (χ1) is 9.80. The highest BCUT2D eigenvalue weighted by Gasteiger charge is 2.15. The number of benzene rings is 1. The molecule has 0 aliphatic rings. The lowest BCUT2D eigenvalue weighted by atomic mass is 9.90. The zero-order chi connectivity index (χ0) is 16.0. The molecule has 0 saturated heterocycles. The SMILES string of the molecule is COc1cc(/C=C/C(=O)CC(C)(C)C)cc(OC)c1OC. The summed E-state index contributed by atoms with van der Waals surface area (Å²) in [7, 11) is 4.69. The van der Waals surface area contributed by atoms with Crippen LogP contribution >= 0.6 is 0 Å². The standard InChI is InChI=1S/C17H24O4/c1-17(2,3)11-13(18)8-7-12-9-14(19-4)16(21-6)15(10-12)20-5/h7-10H,11H2,1-6H3/b8-7+. The van der Waals surface area contributed by atoms with Gasteiger partial charge in [0.25, 0.3) is 0 Å². The zero-order valence-electron chi connectivity index (χ0n) is 13.6. The minimum atomic E-state index is -0.0172. The van der Waals surface area contributed by atoms with E-state index >= 15 is 0 Å². The summed E-state index contributed by atoms with van der Waals surface area (Å²) in [5.74, 6) is 1.77. The molecule has 0 unspecified atom stereocenters. The summed E-state index contributed by atoms with van der Waals surface area (Å²) in [5, 5.41) is 0. The molecule has 0 fully saturated rings. The maximum Gasteiger partial charge on any atom is 0.203 e. The van der Waals surface area contributed by atoms with Crippen LogP contribution in [0.3, 0.4) is 0 Å². The third-order valence-electron chi connectivity index (χ3n) is 2.85. The van der Waals surface area contributed by atoms with Crippen LogP contribution in [0.15, 0.2) is 18.2 Å². The molecule has 0 atom stereocenters. The highest BCUT2D eigenvalue weighted by atomic mass is 16.5. The monoisotopic (exact) mass is 292 g/mol. The highest BCUT2D eigenvalue weighted by Crippen LogP contribution is 2.38. The van der Waals surface area contributed by atoms with E-state index in [9.17, 15) is 4.79 Å². The van der Waals surface area contributed by atoms with Crippen LogP contribution in [-0.4, -0.2) is 27.1 Å². The van der Waals surface area contributed by atoms with Gasteiger partial charge in [0, 0.05) is 6.42 Å². The van der Waals surface area contributed by atoms with Gasteiger partial charge >= 0.3 is 0 Å². The molecule has 4 heteroatoms. The van der Waals surface area contributed by atoms with Crippen molar-refractivity contribution in [2.75, 3.05) is 21.3 Å². The summed E-state index contributed by atoms with van der Waals surface area (Å²) in [6.45, 7) is 6.12. The van der Waals surface area contributed by atoms with E-state index in [1.807, 2.05) is 32.9 Å². The second-order valence-electron chi connectivity index (χ2n) is 6.00. The van der Waals surface area contributed by atoms with E-state index in [0.717, 1.165) is 5.56 Å². The number of ketones is 1. The lowest BCUT2D eigenvalue weighted by Gasteiger charge is -2.15. The molecule has 4 nitrogen and oxygen atoms in total. The maximum atomic E-state index is 11.9. The van der Waals surface area contributed by atoms with Crippen molar-refractivity contribution in [1.82, 2.24) is 0 Å². The molecule has 0 N–H and O–H groups in total. The fourth-order valence-corrected chi connectivity index (χ4v) is 1.97. The third-order valence-corrected chi connectivity index (χ3v) is 2.85. The minimum Gasteiger partial charge on any atom is -0.493 e. The molecule has 0 bridgehead atoms. The van der Waals surface area contributed by atoms with Crippen LogP contribution in [-0.2, 0) is 4.79 Å². The van der Waals surface area contributed by atoms with Crippen molar-refractivity contribution in [3.63, 3.8) is 0 Å². The summed E-state index contributed by atoms with van der Waals surface area (Å²) < 4.78 is 15.8. The quantitative estimate of drug-likeness (QED) is 0.749. The van der Waals surface area contributed by atoms with Crippen molar-refractivity contribution >= 4 is 11.9 Å². The Kier molecular flexibility index (Phi) is 5.82. The van der Waals surface area contributed by atoms with Gasteiger partial charge in [-0.1, -0.05) is 26.8 Å². The fraction of sp³-hybridized carbons (Fsp3) is 0.471. The van der Waals surface area contributed by atoms with Crippen molar-refractivity contribution < 1.29 is 19.0 Å². The normalized spacial score (nSPS) is 11.5. The first-order valence-electron chi connectivity index (χ1n) is 6.81. The average molecular weight is 292 g/mol. The Labute approximate surface area is 126 Å². The summed E-state index contributed by atoms with van der Waals surface area (Å²) >= 11 is 0. The molecule has 0 amide bonds. The van der Waals surface area contributed by atoms with Gasteiger partial charge in [0.15, 0.2) is 17.3 Å². The summed E-state index contributed by atoms with van der Waals surface area (Å²) in [6, 6.07) is 3.62. The molecule has 0 saturated carbocycles. The maximum absolute atomic E-state index is 11.9. The van der Waals surface area contributed by atoms with Gasteiger partial charge < -0.3 is 14.2 Å². The van der Waals surface area contributed by atoms with Crippen molar-refractivity contribution in [2.45, 2.75) is 27.2 Å². The van der Waals surface area contributed by atoms with E-state index in [1.54, 1.807) is 33.5 Å². The Bertz CT molecular complexity index is 499. The minimum absolute atomic E-state index is 0.0172. The Morgan fingerprint density at radius 1 is 1.05 bits per heavy atom. The lowest BCUT2D eigenvalue weighted by molar-refractivity contribution is -0.116. The van der Waals surface area contributed by atoms with Gasteiger partial charge in [-0.2, -0.15) is 0 Å². The molecular weight excluding hydrogens is 268 g/mol. The Hall–Kier alpha value is -1.97. The fourth-order valence-electron chi connectivity index (χ4n) is 1.97. The van der Waals surface area contributed by atoms with Crippen molar-refractivity contribution in [1.29, 1.82) is 0 Å². The molecule has 0 aliphatic heterocycles. The van der Waals surface area contributed by atoms with E-state index in [1.165, 1.54) is 0 Å². The third kappa shape index (κ3) is 5.14. The number of rotatable bonds is 6. The number of hydrogen-bond acceptors (Lipinski definition) is 4. The van der Waals surface area contributed by atoms with Crippen LogP contribution in [0.5, 0.6) is 17.2 Å². The number of hydrogen-bond donors (Lipinski definition) is 0. The van der Waals surface area contributed by atoms with E-state index in [2.05, 4.69) is 0 Å². The molecular formula is C17H24O4. The number of ether oxygens (including phenoxy) is 3. The first kappa shape index (κ1) is 17.1. The number of carbonyl (C=O) groups is 1. The van der Waals surface area contributed by atoms with Crippen LogP contribution in [0, 0.1) is 5.41 Å². The topological polar surface area (TPSA) is 44.8 Å². The van der Waals surface area contributed by atoms with Gasteiger partial charge in [-0.15, -0.1) is 0 Å². The Morgan fingerprint density at radius 3 is 1.95 bits per heavy atom. The molecule has 0 heterocycles. The van der Waals surface area contributed by atoms with Crippen molar-refractivity contribution in [3.8, 4) is 17.2 Å². The summed E-state index contributed by atoms with van der Waals surface area (Å²) in [5.41, 5.74) is 0.809. The van der Waals surface area contributed by atoms with Crippen LogP contribution in [0.2, 0.25) is 0 Å². The number of carbonyl (C=O) groups excluding carboxylic acids is 1. The van der Waals surface area contributed by atoms with E-state index in [-0.39, 0.29) is 11.2 Å². The first-order valence-corrected chi connectivity index (χ1v) is 6.81. The van der Waals surface area contributed by atoms with Gasteiger partial charge in [0.1, 0.15) is 0 Å². The Morgan fingerprint density at radius 2 is 1.57 bits per heavy atom. The highest BCUT2D eigenvalue weighted by molar-refractivity contribution is 5.94.